The molecule has 30 heavy (non-hydrogen) atoms. The first-order chi connectivity index (χ1) is 14.2. The van der Waals surface area contributed by atoms with E-state index in [0.717, 1.165) is 17.5 Å². The standard InChI is InChI=1S/C22H27N3O5/c1-4-5-10-25-19(28)16-14(8-9-15(26)27)24-22(17(16)20(25)29)13-7-6-11(2)12(3)18(13)23-21(22)30/h6-7,14,16-17,24H,4-5,8-10H2,1-3H3,(H,23,30)(H,26,27)/t14-,16+,17+,22+/m0/s1. The van der Waals surface area contributed by atoms with Crippen molar-refractivity contribution in [3.8, 4) is 0 Å². The Labute approximate surface area is 175 Å². The number of anilines is 1. The van der Waals surface area contributed by atoms with Gasteiger partial charge in [-0.1, -0.05) is 25.5 Å². The van der Waals surface area contributed by atoms with E-state index in [1.165, 1.54) is 4.90 Å². The number of imide groups is 1. The first-order valence-electron chi connectivity index (χ1n) is 10.5. The fourth-order valence-corrected chi connectivity index (χ4v) is 5.24. The van der Waals surface area contributed by atoms with E-state index >= 15 is 0 Å². The van der Waals surface area contributed by atoms with E-state index in [1.807, 2.05) is 32.9 Å². The van der Waals surface area contributed by atoms with E-state index in [0.29, 0.717) is 24.2 Å². The molecule has 0 aliphatic carbocycles. The van der Waals surface area contributed by atoms with Gasteiger partial charge in [0, 0.05) is 30.3 Å². The van der Waals surface area contributed by atoms with E-state index < -0.39 is 29.4 Å². The Kier molecular flexibility index (Phi) is 4.92. The number of hydrogen-bond acceptors (Lipinski definition) is 5. The predicted octanol–water partition coefficient (Wildman–Crippen LogP) is 1.69. The molecule has 2 fully saturated rings. The minimum atomic E-state index is -1.35. The lowest BCUT2D eigenvalue weighted by Crippen LogP contribution is -2.53. The van der Waals surface area contributed by atoms with Crippen LogP contribution < -0.4 is 10.6 Å². The fraction of sp³-hybridized carbons (Fsp3) is 0.545. The average Bonchev–Trinajstić information content (AvgIpc) is 3.27. The second-order valence-electron chi connectivity index (χ2n) is 8.56. The zero-order chi connectivity index (χ0) is 21.8. The molecular weight excluding hydrogens is 386 g/mol. The number of aryl methyl sites for hydroxylation is 1. The van der Waals surface area contributed by atoms with Crippen LogP contribution in [0.3, 0.4) is 0 Å². The molecule has 4 atom stereocenters. The lowest BCUT2D eigenvalue weighted by atomic mass is 9.76. The summed E-state index contributed by atoms with van der Waals surface area (Å²) in [6.07, 6.45) is 1.55. The van der Waals surface area contributed by atoms with Gasteiger partial charge >= 0.3 is 5.97 Å². The molecule has 3 N–H and O–H groups in total. The predicted molar refractivity (Wildman–Crippen MR) is 109 cm³/mol. The third kappa shape index (κ3) is 2.70. The van der Waals surface area contributed by atoms with Crippen LogP contribution in [0.25, 0.3) is 0 Å². The number of carbonyl (C=O) groups excluding carboxylic acids is 3. The summed E-state index contributed by atoms with van der Waals surface area (Å²) in [6, 6.07) is 3.19. The van der Waals surface area contributed by atoms with Crippen LogP contribution in [-0.4, -0.2) is 46.3 Å². The molecule has 3 amide bonds. The van der Waals surface area contributed by atoms with Crippen LogP contribution in [0.2, 0.25) is 0 Å². The highest BCUT2D eigenvalue weighted by atomic mass is 16.4. The quantitative estimate of drug-likeness (QED) is 0.611. The summed E-state index contributed by atoms with van der Waals surface area (Å²) in [4.78, 5) is 52.5. The van der Waals surface area contributed by atoms with E-state index in [4.69, 9.17) is 5.11 Å². The topological polar surface area (TPSA) is 116 Å². The summed E-state index contributed by atoms with van der Waals surface area (Å²) in [5, 5.41) is 15.4. The molecule has 3 aliphatic rings. The molecule has 1 aromatic rings. The number of likely N-dealkylation sites (tertiary alicyclic amines) is 1. The van der Waals surface area contributed by atoms with Crippen molar-refractivity contribution in [2.75, 3.05) is 11.9 Å². The third-order valence-corrected chi connectivity index (χ3v) is 6.92. The molecule has 1 aromatic carbocycles. The zero-order valence-corrected chi connectivity index (χ0v) is 17.4. The largest absolute Gasteiger partial charge is 0.481 e. The number of hydrogen-bond donors (Lipinski definition) is 3. The van der Waals surface area contributed by atoms with Crippen molar-refractivity contribution >= 4 is 29.4 Å². The van der Waals surface area contributed by atoms with Crippen LogP contribution in [0.15, 0.2) is 12.1 Å². The number of amides is 3. The number of carbonyl (C=O) groups is 4. The smallest absolute Gasteiger partial charge is 0.303 e. The summed E-state index contributed by atoms with van der Waals surface area (Å²) >= 11 is 0. The molecule has 0 unspecified atom stereocenters. The number of aliphatic carboxylic acids is 1. The van der Waals surface area contributed by atoms with Crippen LogP contribution in [0, 0.1) is 25.7 Å². The van der Waals surface area contributed by atoms with Crippen LogP contribution >= 0.6 is 0 Å². The molecule has 1 spiro atoms. The fourth-order valence-electron chi connectivity index (χ4n) is 5.24. The normalized spacial score (nSPS) is 29.5. The number of nitrogens with one attached hydrogen (secondary N) is 2. The molecule has 160 valence electrons. The summed E-state index contributed by atoms with van der Waals surface area (Å²) < 4.78 is 0. The Morgan fingerprint density at radius 3 is 2.60 bits per heavy atom. The second-order valence-corrected chi connectivity index (χ2v) is 8.56. The second kappa shape index (κ2) is 7.19. The van der Waals surface area contributed by atoms with Crippen LogP contribution in [-0.2, 0) is 24.7 Å². The zero-order valence-electron chi connectivity index (χ0n) is 17.4. The first kappa shape index (κ1) is 20.5. The molecule has 0 radical (unpaired) electrons. The van der Waals surface area contributed by atoms with E-state index in [1.54, 1.807) is 0 Å². The Morgan fingerprint density at radius 1 is 1.20 bits per heavy atom. The summed E-state index contributed by atoms with van der Waals surface area (Å²) in [5.74, 6) is -3.58. The van der Waals surface area contributed by atoms with Crippen LogP contribution in [0.5, 0.6) is 0 Å². The van der Waals surface area contributed by atoms with Gasteiger partial charge in [0.2, 0.25) is 17.7 Å². The minimum Gasteiger partial charge on any atom is -0.481 e. The average molecular weight is 413 g/mol. The molecule has 2 saturated heterocycles. The van der Waals surface area contributed by atoms with Crippen molar-refractivity contribution in [3.63, 3.8) is 0 Å². The summed E-state index contributed by atoms with van der Waals surface area (Å²) in [6.45, 7) is 6.17. The number of fused-ring (bicyclic) bond motifs is 4. The van der Waals surface area contributed by atoms with Gasteiger partial charge in [0.05, 0.1) is 11.8 Å². The maximum absolute atomic E-state index is 13.4. The molecule has 8 heteroatoms. The Balaban J connectivity index is 1.83. The highest BCUT2D eigenvalue weighted by molar-refractivity contribution is 6.15. The summed E-state index contributed by atoms with van der Waals surface area (Å²) in [5.41, 5.74) is 1.93. The maximum Gasteiger partial charge on any atom is 0.303 e. The highest BCUT2D eigenvalue weighted by Gasteiger charge is 2.70. The van der Waals surface area contributed by atoms with Crippen molar-refractivity contribution in [1.29, 1.82) is 0 Å². The monoisotopic (exact) mass is 413 g/mol. The van der Waals surface area contributed by atoms with Crippen molar-refractivity contribution in [2.45, 2.75) is 58.0 Å². The van der Waals surface area contributed by atoms with Crippen molar-refractivity contribution < 1.29 is 24.3 Å². The number of nitrogens with zero attached hydrogens (tertiary/aromatic N) is 1. The number of benzene rings is 1. The van der Waals surface area contributed by atoms with Crippen LogP contribution in [0.1, 0.15) is 49.3 Å². The van der Waals surface area contributed by atoms with Gasteiger partial charge in [0.1, 0.15) is 5.54 Å². The van der Waals surface area contributed by atoms with Gasteiger partial charge in [-0.05, 0) is 37.8 Å². The minimum absolute atomic E-state index is 0.144. The molecule has 0 bridgehead atoms. The van der Waals surface area contributed by atoms with Crippen molar-refractivity contribution in [2.24, 2.45) is 11.8 Å². The number of carboxylic acids is 1. The first-order valence-corrected chi connectivity index (χ1v) is 10.5. The van der Waals surface area contributed by atoms with Gasteiger partial charge in [0.25, 0.3) is 0 Å². The SMILES string of the molecule is CCCCN1C(=O)[C@@H]2[C@H](CCC(=O)O)N[C@@]3(C(=O)Nc4c3ccc(C)c4C)[C@H]2C1=O. The van der Waals surface area contributed by atoms with Gasteiger partial charge in [-0.3, -0.25) is 29.4 Å². The van der Waals surface area contributed by atoms with Crippen LogP contribution in [0.4, 0.5) is 5.69 Å². The van der Waals surface area contributed by atoms with E-state index in [2.05, 4.69) is 10.6 Å². The third-order valence-electron chi connectivity index (χ3n) is 6.92. The lowest BCUT2D eigenvalue weighted by Gasteiger charge is -2.29. The van der Waals surface area contributed by atoms with Crippen molar-refractivity contribution in [3.05, 3.63) is 28.8 Å². The Morgan fingerprint density at radius 2 is 1.93 bits per heavy atom. The molecule has 3 heterocycles. The summed E-state index contributed by atoms with van der Waals surface area (Å²) in [7, 11) is 0. The number of unbranched alkanes of at least 4 members (excludes halogenated alkanes) is 1. The number of rotatable bonds is 6. The van der Waals surface area contributed by atoms with Crippen molar-refractivity contribution in [1.82, 2.24) is 10.2 Å². The highest BCUT2D eigenvalue weighted by Crippen LogP contribution is 2.54. The number of carboxylic acid groups (broad SMARTS) is 1. The van der Waals surface area contributed by atoms with Gasteiger partial charge in [-0.15, -0.1) is 0 Å². The molecule has 0 saturated carbocycles. The molecule has 0 aromatic heterocycles. The van der Waals surface area contributed by atoms with Gasteiger partial charge in [0.15, 0.2) is 0 Å². The lowest BCUT2D eigenvalue weighted by molar-refractivity contribution is -0.143. The van der Waals surface area contributed by atoms with Gasteiger partial charge in [-0.25, -0.2) is 0 Å². The van der Waals surface area contributed by atoms with E-state index in [9.17, 15) is 19.2 Å². The molecular formula is C22H27N3O5. The maximum atomic E-state index is 13.4. The van der Waals surface area contributed by atoms with Gasteiger partial charge in [-0.2, -0.15) is 0 Å². The molecule has 4 rings (SSSR count). The van der Waals surface area contributed by atoms with Gasteiger partial charge < -0.3 is 10.4 Å². The Hall–Kier alpha value is -2.74. The Bertz CT molecular complexity index is 958. The van der Waals surface area contributed by atoms with E-state index in [-0.39, 0.29) is 30.6 Å². The molecule has 8 nitrogen and oxygen atoms in total. The molecule has 3 aliphatic heterocycles.